The molecule has 3 aromatic heterocycles. The zero-order chi connectivity index (χ0) is 25.1. The predicted molar refractivity (Wildman–Crippen MR) is 157 cm³/mol. The minimum absolute atomic E-state index is 0.945. The number of aromatic nitrogens is 3. The normalized spacial score (nSPS) is 12.1. The third-order valence-electron chi connectivity index (χ3n) is 7.43. The zero-order valence-corrected chi connectivity index (χ0v) is 20.5. The number of rotatable bonds is 3. The molecule has 176 valence electrons. The van der Waals surface area contributed by atoms with E-state index in [4.69, 9.17) is 4.98 Å². The van der Waals surface area contributed by atoms with Gasteiger partial charge in [-0.05, 0) is 36.4 Å². The van der Waals surface area contributed by atoms with Gasteiger partial charge in [-0.15, -0.1) is 0 Å². The number of nitrogens with zero attached hydrogens (tertiary/aromatic N) is 3. The molecule has 0 saturated carbocycles. The van der Waals surface area contributed by atoms with Crippen molar-refractivity contribution in [3.63, 3.8) is 0 Å². The van der Waals surface area contributed by atoms with E-state index in [1.54, 1.807) is 0 Å². The quantitative estimate of drug-likeness (QED) is 0.231. The number of pyridine rings is 1. The first-order chi connectivity index (χ1) is 18.9. The molecule has 1 aliphatic carbocycles. The van der Waals surface area contributed by atoms with Crippen LogP contribution in [-0.4, -0.2) is 14.1 Å². The highest BCUT2D eigenvalue weighted by Gasteiger charge is 2.23. The molecule has 0 spiro atoms. The fourth-order valence-electron chi connectivity index (χ4n) is 5.82. The number of hydrogen-bond acceptors (Lipinski definition) is 1. The highest BCUT2D eigenvalue weighted by atomic mass is 15.1. The van der Waals surface area contributed by atoms with E-state index in [9.17, 15) is 0 Å². The van der Waals surface area contributed by atoms with E-state index in [1.165, 1.54) is 27.2 Å². The summed E-state index contributed by atoms with van der Waals surface area (Å²) in [5.41, 5.74) is 16.4. The summed E-state index contributed by atoms with van der Waals surface area (Å²) >= 11 is 0. The molecule has 38 heavy (non-hydrogen) atoms. The van der Waals surface area contributed by atoms with E-state index in [-0.39, 0.29) is 0 Å². The Kier molecular flexibility index (Phi) is 4.43. The molecule has 0 atom stereocenters. The summed E-state index contributed by atoms with van der Waals surface area (Å²) in [5, 5.41) is 3.66. The maximum atomic E-state index is 4.71. The van der Waals surface area contributed by atoms with Crippen LogP contribution in [0, 0.1) is 0 Å². The summed E-state index contributed by atoms with van der Waals surface area (Å²) in [5.74, 6) is 0. The number of para-hydroxylation sites is 2. The van der Waals surface area contributed by atoms with Crippen molar-refractivity contribution >= 4 is 44.9 Å². The Bertz CT molecular complexity index is 2130. The molecule has 0 unspecified atom stereocenters. The first-order valence-electron chi connectivity index (χ1n) is 12.7. The van der Waals surface area contributed by atoms with Crippen LogP contribution in [0.3, 0.4) is 0 Å². The molecule has 1 aliphatic rings. The fraction of sp³-hybridized carbons (Fsp3) is 0. The second-order valence-electron chi connectivity index (χ2n) is 9.52. The highest BCUT2D eigenvalue weighted by Crippen LogP contribution is 2.41. The first-order valence-corrected chi connectivity index (χ1v) is 12.7. The molecular weight excluding hydrogens is 462 g/mol. The summed E-state index contributed by atoms with van der Waals surface area (Å²) in [6.45, 7) is 0. The van der Waals surface area contributed by atoms with Crippen molar-refractivity contribution in [2.45, 2.75) is 0 Å². The van der Waals surface area contributed by atoms with Gasteiger partial charge >= 0.3 is 0 Å². The van der Waals surface area contributed by atoms with Crippen LogP contribution in [-0.2, 0) is 0 Å². The van der Waals surface area contributed by atoms with Gasteiger partial charge in [0, 0.05) is 50.9 Å². The van der Waals surface area contributed by atoms with Gasteiger partial charge < -0.3 is 9.13 Å². The first kappa shape index (κ1) is 20.8. The van der Waals surface area contributed by atoms with Crippen LogP contribution in [0.5, 0.6) is 0 Å². The molecule has 3 heterocycles. The Labute approximate surface area is 219 Å². The van der Waals surface area contributed by atoms with Gasteiger partial charge in [-0.3, -0.25) is 4.98 Å². The molecule has 7 aromatic rings. The van der Waals surface area contributed by atoms with Gasteiger partial charge in [-0.1, -0.05) is 90.3 Å². The molecule has 8 rings (SSSR count). The molecule has 3 nitrogen and oxygen atoms in total. The van der Waals surface area contributed by atoms with Gasteiger partial charge in [0.1, 0.15) is 0 Å². The van der Waals surface area contributed by atoms with Gasteiger partial charge in [0.15, 0.2) is 0 Å². The molecule has 3 heteroatoms. The summed E-state index contributed by atoms with van der Waals surface area (Å²) in [7, 11) is 0. The average Bonchev–Trinajstić information content (AvgIpc) is 3.51. The lowest BCUT2D eigenvalue weighted by atomic mass is 10.1. The Morgan fingerprint density at radius 3 is 2.13 bits per heavy atom. The van der Waals surface area contributed by atoms with Crippen molar-refractivity contribution in [3.05, 3.63) is 138 Å². The average molecular weight is 484 g/mol. The van der Waals surface area contributed by atoms with E-state index >= 15 is 0 Å². The standard InChI is InChI=1S/C35H21N3/c1-3-11-24(12-4-1)31-23-26(21-22-36-31)38-33-18-10-8-16-28(33)30-20-19-29-27-15-7-9-17-32(27)37(34(29)35(30)38)25-13-5-2-6-14-25/h1-7,9,11-23H. The lowest BCUT2D eigenvalue weighted by Crippen LogP contribution is -2.01. The van der Waals surface area contributed by atoms with Crippen molar-refractivity contribution in [2.24, 2.45) is 0 Å². The smallest absolute Gasteiger partial charge is 0.0789 e. The van der Waals surface area contributed by atoms with Crippen LogP contribution in [0.1, 0.15) is 11.3 Å². The maximum Gasteiger partial charge on any atom is 0.0789 e. The molecule has 0 saturated heterocycles. The van der Waals surface area contributed by atoms with Crippen LogP contribution in [0.4, 0.5) is 0 Å². The molecule has 0 N–H and O–H groups in total. The Hall–Kier alpha value is -5.33. The second kappa shape index (κ2) is 8.09. The lowest BCUT2D eigenvalue weighted by Gasteiger charge is -2.14. The van der Waals surface area contributed by atoms with E-state index in [0.717, 1.165) is 39.4 Å². The zero-order valence-electron chi connectivity index (χ0n) is 20.5. The lowest BCUT2D eigenvalue weighted by molar-refractivity contribution is 1.09. The van der Waals surface area contributed by atoms with Gasteiger partial charge in [0.25, 0.3) is 0 Å². The van der Waals surface area contributed by atoms with Crippen LogP contribution in [0.25, 0.3) is 67.5 Å². The Morgan fingerprint density at radius 1 is 0.553 bits per heavy atom. The van der Waals surface area contributed by atoms with Crippen molar-refractivity contribution in [2.75, 3.05) is 0 Å². The molecule has 0 fully saturated rings. The third kappa shape index (κ3) is 2.95. The van der Waals surface area contributed by atoms with Crippen LogP contribution >= 0.6 is 0 Å². The van der Waals surface area contributed by atoms with E-state index in [2.05, 4.69) is 130 Å². The largest absolute Gasteiger partial charge is 0.307 e. The maximum absolute atomic E-state index is 4.71. The van der Waals surface area contributed by atoms with Gasteiger partial charge in [0.05, 0.1) is 27.9 Å². The van der Waals surface area contributed by atoms with Crippen molar-refractivity contribution in [3.8, 4) is 22.6 Å². The summed E-state index contributed by atoms with van der Waals surface area (Å²) in [6, 6.07) is 38.4. The molecular formula is C35H21N3. The van der Waals surface area contributed by atoms with Gasteiger partial charge in [0.2, 0.25) is 0 Å². The van der Waals surface area contributed by atoms with Gasteiger partial charge in [-0.2, -0.15) is 0 Å². The number of benzene rings is 4. The SMILES string of the molecule is C1=C=Cc2c(c3ccc4c5ccccc5n(-c5ccccc5)c4c3n2-c2ccnc(-c3ccccc3)c2)C=1. The van der Waals surface area contributed by atoms with Crippen molar-refractivity contribution in [1.82, 2.24) is 14.1 Å². The van der Waals surface area contributed by atoms with E-state index < -0.39 is 0 Å². The van der Waals surface area contributed by atoms with E-state index in [0.29, 0.717) is 0 Å². The minimum Gasteiger partial charge on any atom is -0.307 e. The number of fused-ring (bicyclic) bond motifs is 7. The van der Waals surface area contributed by atoms with E-state index in [1.807, 2.05) is 18.3 Å². The van der Waals surface area contributed by atoms with Gasteiger partial charge in [-0.25, -0.2) is 0 Å². The second-order valence-corrected chi connectivity index (χ2v) is 9.52. The van der Waals surface area contributed by atoms with Crippen molar-refractivity contribution < 1.29 is 0 Å². The summed E-state index contributed by atoms with van der Waals surface area (Å²) < 4.78 is 4.76. The van der Waals surface area contributed by atoms with Crippen LogP contribution in [0.2, 0.25) is 0 Å². The van der Waals surface area contributed by atoms with Crippen molar-refractivity contribution in [1.29, 1.82) is 0 Å². The fourth-order valence-corrected chi connectivity index (χ4v) is 5.82. The predicted octanol–water partition coefficient (Wildman–Crippen LogP) is 8.58. The topological polar surface area (TPSA) is 22.8 Å². The number of hydrogen-bond donors (Lipinski definition) is 0. The molecule has 0 aliphatic heterocycles. The van der Waals surface area contributed by atoms with Crippen LogP contribution in [0.15, 0.2) is 127 Å². The molecule has 0 radical (unpaired) electrons. The summed E-state index contributed by atoms with van der Waals surface area (Å²) in [6.07, 6.45) is 6.00. The summed E-state index contributed by atoms with van der Waals surface area (Å²) in [4.78, 5) is 4.71. The Morgan fingerprint density at radius 2 is 1.26 bits per heavy atom. The van der Waals surface area contributed by atoms with Crippen LogP contribution < -0.4 is 0 Å². The molecule has 0 amide bonds. The minimum atomic E-state index is 0.945. The Balaban J connectivity index is 1.56. The monoisotopic (exact) mass is 483 g/mol. The molecule has 4 aromatic carbocycles. The molecule has 0 bridgehead atoms. The highest BCUT2D eigenvalue weighted by molar-refractivity contribution is 6.20. The third-order valence-corrected chi connectivity index (χ3v) is 7.43.